The number of thioether (sulfide) groups is 1. The topological polar surface area (TPSA) is 55.1 Å². The number of aromatic nitrogens is 2. The Hall–Kier alpha value is -1.53. The van der Waals surface area contributed by atoms with Crippen LogP contribution in [0.3, 0.4) is 0 Å². The fourth-order valence-electron chi connectivity index (χ4n) is 1.76. The summed E-state index contributed by atoms with van der Waals surface area (Å²) in [5, 5.41) is 9.62. The van der Waals surface area contributed by atoms with Crippen molar-refractivity contribution in [3.05, 3.63) is 40.9 Å². The Morgan fingerprint density at radius 1 is 1.55 bits per heavy atom. The Balaban J connectivity index is 2.50. The molecule has 0 aliphatic heterocycles. The summed E-state index contributed by atoms with van der Waals surface area (Å²) in [6.07, 6.45) is 2.32. The molecule has 1 N–H and O–H groups in total. The number of aliphatic carboxylic acids is 1. The van der Waals surface area contributed by atoms with Crippen LogP contribution in [0.2, 0.25) is 5.02 Å². The average molecular weight is 315 g/mol. The van der Waals surface area contributed by atoms with Gasteiger partial charge in [0.25, 0.3) is 0 Å². The molecule has 0 fully saturated rings. The molecule has 0 spiro atoms. The largest absolute Gasteiger partial charge is 0.481 e. The first-order chi connectivity index (χ1) is 9.52. The molecule has 1 heterocycles. The molecule has 0 amide bonds. The van der Waals surface area contributed by atoms with E-state index in [0.717, 1.165) is 17.5 Å². The number of imidazole rings is 1. The van der Waals surface area contributed by atoms with Crippen molar-refractivity contribution in [1.82, 2.24) is 9.55 Å². The number of benzene rings is 1. The Bertz CT molecular complexity index is 645. The van der Waals surface area contributed by atoms with Crippen LogP contribution in [0.4, 0.5) is 4.39 Å². The Morgan fingerprint density at radius 2 is 2.30 bits per heavy atom. The molecule has 0 saturated heterocycles. The molecule has 0 saturated carbocycles. The summed E-state index contributed by atoms with van der Waals surface area (Å²) < 4.78 is 15.1. The molecule has 0 aliphatic rings. The van der Waals surface area contributed by atoms with Crippen LogP contribution >= 0.6 is 23.4 Å². The minimum atomic E-state index is -0.937. The number of hydrogen-bond donors (Lipinski definition) is 1. The lowest BCUT2D eigenvalue weighted by atomic mass is 10.3. The van der Waals surface area contributed by atoms with Gasteiger partial charge in [-0.3, -0.25) is 9.36 Å². The predicted octanol–water partition coefficient (Wildman–Crippen LogP) is 3.40. The number of aryl methyl sites for hydroxylation is 1. The summed E-state index contributed by atoms with van der Waals surface area (Å²) in [6, 6.07) is 4.06. The molecule has 1 aromatic carbocycles. The molecule has 1 aromatic heterocycles. The highest BCUT2D eigenvalue weighted by Crippen LogP contribution is 2.29. The second kappa shape index (κ2) is 6.28. The van der Waals surface area contributed by atoms with Crippen molar-refractivity contribution in [2.75, 3.05) is 5.75 Å². The Kier molecular flexibility index (Phi) is 4.67. The normalized spacial score (nSPS) is 10.8. The van der Waals surface area contributed by atoms with Gasteiger partial charge in [-0.25, -0.2) is 9.37 Å². The number of hydrogen-bond acceptors (Lipinski definition) is 3. The van der Waals surface area contributed by atoms with Crippen molar-refractivity contribution in [2.24, 2.45) is 0 Å². The van der Waals surface area contributed by atoms with Crippen LogP contribution in [0.25, 0.3) is 5.69 Å². The van der Waals surface area contributed by atoms with E-state index in [0.29, 0.717) is 22.3 Å². The highest BCUT2D eigenvalue weighted by molar-refractivity contribution is 7.99. The van der Waals surface area contributed by atoms with Crippen molar-refractivity contribution in [3.8, 4) is 5.69 Å². The van der Waals surface area contributed by atoms with Crippen LogP contribution in [-0.2, 0) is 11.2 Å². The van der Waals surface area contributed by atoms with Crippen LogP contribution in [0.15, 0.2) is 29.6 Å². The second-order valence-electron chi connectivity index (χ2n) is 4.00. The SMILES string of the molecule is CCc1cnc(SCC(=O)O)n1-c1cc(F)ccc1Cl. The quantitative estimate of drug-likeness (QED) is 0.859. The van der Waals surface area contributed by atoms with E-state index in [2.05, 4.69) is 4.98 Å². The van der Waals surface area contributed by atoms with E-state index in [9.17, 15) is 9.18 Å². The molecule has 106 valence electrons. The van der Waals surface area contributed by atoms with Gasteiger partial charge >= 0.3 is 5.97 Å². The van der Waals surface area contributed by atoms with Crippen molar-refractivity contribution < 1.29 is 14.3 Å². The standard InChI is InChI=1S/C13H12ClFN2O2S/c1-2-9-6-16-13(20-7-12(18)19)17(9)11-5-8(15)3-4-10(11)14/h3-6H,2,7H2,1H3,(H,18,19). The number of halogens is 2. The lowest BCUT2D eigenvalue weighted by Crippen LogP contribution is -2.05. The molecule has 0 aliphatic carbocycles. The molecule has 0 bridgehead atoms. The molecular formula is C13H12ClFN2O2S. The van der Waals surface area contributed by atoms with Crippen LogP contribution in [0, 0.1) is 5.82 Å². The van der Waals surface area contributed by atoms with E-state index in [-0.39, 0.29) is 5.75 Å². The minimum Gasteiger partial charge on any atom is -0.481 e. The van der Waals surface area contributed by atoms with E-state index < -0.39 is 11.8 Å². The lowest BCUT2D eigenvalue weighted by Gasteiger charge is -2.12. The Morgan fingerprint density at radius 3 is 2.95 bits per heavy atom. The zero-order valence-corrected chi connectivity index (χ0v) is 12.2. The highest BCUT2D eigenvalue weighted by atomic mass is 35.5. The van der Waals surface area contributed by atoms with Crippen molar-refractivity contribution >= 4 is 29.3 Å². The van der Waals surface area contributed by atoms with E-state index in [1.165, 1.54) is 18.2 Å². The number of carboxylic acids is 1. The van der Waals surface area contributed by atoms with Crippen molar-refractivity contribution in [1.29, 1.82) is 0 Å². The van der Waals surface area contributed by atoms with Crippen molar-refractivity contribution in [3.63, 3.8) is 0 Å². The summed E-state index contributed by atoms with van der Waals surface area (Å²) in [4.78, 5) is 14.9. The molecule has 2 rings (SSSR count). The summed E-state index contributed by atoms with van der Waals surface area (Å²) in [5.41, 5.74) is 1.30. The predicted molar refractivity (Wildman–Crippen MR) is 76.3 cm³/mol. The maximum atomic E-state index is 13.4. The summed E-state index contributed by atoms with van der Waals surface area (Å²) in [7, 11) is 0. The summed E-state index contributed by atoms with van der Waals surface area (Å²) in [6.45, 7) is 1.94. The molecular weight excluding hydrogens is 303 g/mol. The van der Waals surface area contributed by atoms with E-state index >= 15 is 0 Å². The maximum Gasteiger partial charge on any atom is 0.313 e. The van der Waals surface area contributed by atoms with Crippen LogP contribution in [0.5, 0.6) is 0 Å². The fourth-order valence-corrected chi connectivity index (χ4v) is 2.69. The number of rotatable bonds is 5. The van der Waals surface area contributed by atoms with Gasteiger partial charge in [0.2, 0.25) is 0 Å². The van der Waals surface area contributed by atoms with Crippen LogP contribution < -0.4 is 0 Å². The van der Waals surface area contributed by atoms with E-state index in [4.69, 9.17) is 16.7 Å². The first-order valence-corrected chi connectivity index (χ1v) is 7.26. The summed E-state index contributed by atoms with van der Waals surface area (Å²) >= 11 is 7.18. The van der Waals surface area contributed by atoms with Gasteiger partial charge in [-0.05, 0) is 24.6 Å². The Labute approximate surface area is 124 Å². The third kappa shape index (κ3) is 3.13. The average Bonchev–Trinajstić information content (AvgIpc) is 2.82. The van der Waals surface area contributed by atoms with Gasteiger partial charge in [0.1, 0.15) is 5.82 Å². The van der Waals surface area contributed by atoms with E-state index in [1.54, 1.807) is 10.8 Å². The zero-order chi connectivity index (χ0) is 14.7. The van der Waals surface area contributed by atoms with Crippen LogP contribution in [0.1, 0.15) is 12.6 Å². The smallest absolute Gasteiger partial charge is 0.313 e. The van der Waals surface area contributed by atoms with Gasteiger partial charge in [0.05, 0.1) is 16.5 Å². The van der Waals surface area contributed by atoms with Gasteiger partial charge in [-0.1, -0.05) is 30.3 Å². The first kappa shape index (κ1) is 14.9. The molecule has 2 aromatic rings. The van der Waals surface area contributed by atoms with Gasteiger partial charge in [-0.15, -0.1) is 0 Å². The molecule has 0 atom stereocenters. The second-order valence-corrected chi connectivity index (χ2v) is 5.35. The number of carbonyl (C=O) groups is 1. The molecule has 0 radical (unpaired) electrons. The monoisotopic (exact) mass is 314 g/mol. The minimum absolute atomic E-state index is 0.118. The maximum absolute atomic E-state index is 13.4. The molecule has 0 unspecified atom stereocenters. The highest BCUT2D eigenvalue weighted by Gasteiger charge is 2.15. The van der Waals surface area contributed by atoms with Crippen LogP contribution in [-0.4, -0.2) is 26.4 Å². The van der Waals surface area contributed by atoms with E-state index in [1.807, 2.05) is 6.92 Å². The third-order valence-electron chi connectivity index (χ3n) is 2.64. The number of nitrogens with zero attached hydrogens (tertiary/aromatic N) is 2. The molecule has 4 nitrogen and oxygen atoms in total. The summed E-state index contributed by atoms with van der Waals surface area (Å²) in [5.74, 6) is -1.46. The zero-order valence-electron chi connectivity index (χ0n) is 10.6. The lowest BCUT2D eigenvalue weighted by molar-refractivity contribution is -0.133. The molecule has 20 heavy (non-hydrogen) atoms. The van der Waals surface area contributed by atoms with Gasteiger partial charge in [0.15, 0.2) is 5.16 Å². The third-order valence-corrected chi connectivity index (χ3v) is 3.90. The first-order valence-electron chi connectivity index (χ1n) is 5.89. The number of carboxylic acid groups (broad SMARTS) is 1. The van der Waals surface area contributed by atoms with Crippen molar-refractivity contribution in [2.45, 2.75) is 18.5 Å². The van der Waals surface area contributed by atoms with Gasteiger partial charge < -0.3 is 5.11 Å². The van der Waals surface area contributed by atoms with Gasteiger partial charge in [0, 0.05) is 11.9 Å². The van der Waals surface area contributed by atoms with Gasteiger partial charge in [-0.2, -0.15) is 0 Å². The fraction of sp³-hybridized carbons (Fsp3) is 0.231. The molecule has 7 heteroatoms.